The first-order valence-electron chi connectivity index (χ1n) is 9.86. The number of likely N-dealkylation sites (N-methyl/N-ethyl adjacent to an activating group) is 1. The fourth-order valence-corrected chi connectivity index (χ4v) is 3.79. The highest BCUT2D eigenvalue weighted by atomic mass is 19.1. The first-order valence-corrected chi connectivity index (χ1v) is 9.86. The van der Waals surface area contributed by atoms with Crippen molar-refractivity contribution in [1.29, 1.82) is 0 Å². The van der Waals surface area contributed by atoms with Gasteiger partial charge in [-0.3, -0.25) is 14.5 Å². The summed E-state index contributed by atoms with van der Waals surface area (Å²) in [7, 11) is 1.73. The predicted octanol–water partition coefficient (Wildman–Crippen LogP) is 2.84. The van der Waals surface area contributed by atoms with Crippen LogP contribution in [0, 0.1) is 19.7 Å². The van der Waals surface area contributed by atoms with Crippen molar-refractivity contribution in [3.8, 4) is 0 Å². The van der Waals surface area contributed by atoms with Gasteiger partial charge in [0.15, 0.2) is 0 Å². The van der Waals surface area contributed by atoms with E-state index in [1.54, 1.807) is 35.9 Å². The van der Waals surface area contributed by atoms with Crippen LogP contribution in [0.15, 0.2) is 34.7 Å². The van der Waals surface area contributed by atoms with Gasteiger partial charge < -0.3 is 14.2 Å². The third kappa shape index (κ3) is 4.85. The van der Waals surface area contributed by atoms with Crippen molar-refractivity contribution in [1.82, 2.24) is 14.7 Å². The summed E-state index contributed by atoms with van der Waals surface area (Å²) in [5.74, 6) is 1.01. The first-order chi connectivity index (χ1) is 13.8. The maximum absolute atomic E-state index is 13.4. The highest BCUT2D eigenvalue weighted by Gasteiger charge is 2.30. The molecule has 0 spiro atoms. The topological polar surface area (TPSA) is 57.0 Å². The van der Waals surface area contributed by atoms with E-state index in [4.69, 9.17) is 4.42 Å². The second-order valence-corrected chi connectivity index (χ2v) is 7.66. The molecule has 1 aliphatic rings. The van der Waals surface area contributed by atoms with Gasteiger partial charge >= 0.3 is 0 Å². The average Bonchev–Trinajstić information content (AvgIpc) is 3.04. The highest BCUT2D eigenvalue weighted by molar-refractivity contribution is 5.95. The maximum atomic E-state index is 13.4. The van der Waals surface area contributed by atoms with Gasteiger partial charge in [-0.15, -0.1) is 0 Å². The fraction of sp³-hybridized carbons (Fsp3) is 0.455. The van der Waals surface area contributed by atoms with Crippen molar-refractivity contribution >= 4 is 11.8 Å². The van der Waals surface area contributed by atoms with E-state index in [2.05, 4.69) is 4.90 Å². The molecule has 7 heteroatoms. The van der Waals surface area contributed by atoms with Gasteiger partial charge in [-0.2, -0.15) is 0 Å². The predicted molar refractivity (Wildman–Crippen MR) is 108 cm³/mol. The minimum Gasteiger partial charge on any atom is -0.466 e. The lowest BCUT2D eigenvalue weighted by atomic mass is 10.1. The summed E-state index contributed by atoms with van der Waals surface area (Å²) >= 11 is 0. The molecule has 2 amide bonds. The number of benzene rings is 1. The van der Waals surface area contributed by atoms with Crippen LogP contribution in [0.2, 0.25) is 0 Å². The molecule has 0 saturated carbocycles. The Morgan fingerprint density at radius 1 is 1.17 bits per heavy atom. The molecule has 1 unspecified atom stereocenters. The number of carbonyl (C=O) groups excluding carboxylic acids is 2. The zero-order valence-electron chi connectivity index (χ0n) is 17.4. The molecular weight excluding hydrogens is 373 g/mol. The van der Waals surface area contributed by atoms with Crippen molar-refractivity contribution < 1.29 is 18.4 Å². The van der Waals surface area contributed by atoms with Gasteiger partial charge in [0.05, 0.1) is 11.6 Å². The molecule has 0 aliphatic carbocycles. The fourth-order valence-electron chi connectivity index (χ4n) is 3.79. The molecule has 1 atom stereocenters. The van der Waals surface area contributed by atoms with Gasteiger partial charge in [-0.05, 0) is 44.5 Å². The standard InChI is InChI=1S/C22H28FN3O3/c1-15-12-20(17(3)29-15)22(28)26-10-8-25(9-11-26)16(2)21(27)24(4)14-18-6-5-7-19(23)13-18/h5-7,12-13,16H,8-11,14H2,1-4H3. The zero-order chi connectivity index (χ0) is 21.1. The van der Waals surface area contributed by atoms with Crippen molar-refractivity contribution in [3.63, 3.8) is 0 Å². The van der Waals surface area contributed by atoms with Crippen LogP contribution in [-0.4, -0.2) is 65.8 Å². The number of hydrogen-bond acceptors (Lipinski definition) is 4. The Bertz CT molecular complexity index is 887. The number of amides is 2. The number of carbonyl (C=O) groups is 2. The van der Waals surface area contributed by atoms with E-state index >= 15 is 0 Å². The molecule has 2 heterocycles. The van der Waals surface area contributed by atoms with Crippen LogP contribution >= 0.6 is 0 Å². The smallest absolute Gasteiger partial charge is 0.257 e. The van der Waals surface area contributed by atoms with E-state index in [0.29, 0.717) is 44.0 Å². The maximum Gasteiger partial charge on any atom is 0.257 e. The van der Waals surface area contributed by atoms with Crippen LogP contribution in [-0.2, 0) is 11.3 Å². The molecule has 1 aliphatic heterocycles. The highest BCUT2D eigenvalue weighted by Crippen LogP contribution is 2.18. The molecule has 1 aromatic carbocycles. The molecule has 1 saturated heterocycles. The van der Waals surface area contributed by atoms with Crippen molar-refractivity contribution in [2.24, 2.45) is 0 Å². The molecule has 2 aromatic rings. The number of rotatable bonds is 5. The Morgan fingerprint density at radius 3 is 2.45 bits per heavy atom. The van der Waals surface area contributed by atoms with Gasteiger partial charge in [0, 0.05) is 39.8 Å². The Labute approximate surface area is 170 Å². The number of piperazine rings is 1. The van der Waals surface area contributed by atoms with Crippen LogP contribution in [0.25, 0.3) is 0 Å². The molecule has 29 heavy (non-hydrogen) atoms. The van der Waals surface area contributed by atoms with Gasteiger partial charge in [-0.25, -0.2) is 4.39 Å². The zero-order valence-corrected chi connectivity index (χ0v) is 17.4. The van der Waals surface area contributed by atoms with Gasteiger partial charge in [-0.1, -0.05) is 12.1 Å². The number of furan rings is 1. The number of hydrogen-bond donors (Lipinski definition) is 0. The van der Waals surface area contributed by atoms with Gasteiger partial charge in [0.1, 0.15) is 17.3 Å². The lowest BCUT2D eigenvalue weighted by Crippen LogP contribution is -2.55. The normalized spacial score (nSPS) is 16.0. The van der Waals surface area contributed by atoms with E-state index in [-0.39, 0.29) is 23.7 Å². The Kier molecular flexibility index (Phi) is 6.37. The molecule has 0 N–H and O–H groups in total. The number of nitrogens with zero attached hydrogens (tertiary/aromatic N) is 3. The summed E-state index contributed by atoms with van der Waals surface area (Å²) in [5.41, 5.74) is 1.36. The summed E-state index contributed by atoms with van der Waals surface area (Å²) < 4.78 is 18.8. The Hall–Kier alpha value is -2.67. The molecule has 156 valence electrons. The first kappa shape index (κ1) is 21.0. The molecule has 0 radical (unpaired) electrons. The second-order valence-electron chi connectivity index (χ2n) is 7.66. The summed E-state index contributed by atoms with van der Waals surface area (Å²) in [6, 6.07) is 7.76. The van der Waals surface area contributed by atoms with Crippen molar-refractivity contribution in [2.45, 2.75) is 33.4 Å². The molecule has 6 nitrogen and oxygen atoms in total. The van der Waals surface area contributed by atoms with E-state index in [1.807, 2.05) is 19.9 Å². The summed E-state index contributed by atoms with van der Waals surface area (Å²) in [4.78, 5) is 31.0. The lowest BCUT2D eigenvalue weighted by molar-refractivity contribution is -0.136. The van der Waals surface area contributed by atoms with Crippen LogP contribution in [0.4, 0.5) is 4.39 Å². The molecule has 0 bridgehead atoms. The largest absolute Gasteiger partial charge is 0.466 e. The van der Waals surface area contributed by atoms with Crippen LogP contribution in [0.5, 0.6) is 0 Å². The minimum absolute atomic E-state index is 0.0182. The van der Waals surface area contributed by atoms with E-state index in [0.717, 1.165) is 11.3 Å². The SMILES string of the molecule is Cc1cc(C(=O)N2CCN(C(C)C(=O)N(C)Cc3cccc(F)c3)CC2)c(C)o1. The van der Waals surface area contributed by atoms with Crippen LogP contribution in [0.3, 0.4) is 0 Å². The second kappa shape index (κ2) is 8.78. The summed E-state index contributed by atoms with van der Waals surface area (Å²) in [5, 5.41) is 0. The molecule has 1 aromatic heterocycles. The minimum atomic E-state index is -0.305. The third-order valence-corrected chi connectivity index (χ3v) is 5.46. The van der Waals surface area contributed by atoms with Crippen molar-refractivity contribution in [2.75, 3.05) is 33.2 Å². The van der Waals surface area contributed by atoms with E-state index < -0.39 is 0 Å². The third-order valence-electron chi connectivity index (χ3n) is 5.46. The van der Waals surface area contributed by atoms with Gasteiger partial charge in [0.2, 0.25) is 5.91 Å². The summed E-state index contributed by atoms with van der Waals surface area (Å²) in [6.45, 7) is 8.25. The quantitative estimate of drug-likeness (QED) is 0.773. The number of aryl methyl sites for hydroxylation is 2. The number of halogens is 1. The Morgan fingerprint density at radius 2 is 1.86 bits per heavy atom. The lowest BCUT2D eigenvalue weighted by Gasteiger charge is -2.38. The average molecular weight is 401 g/mol. The molecular formula is C22H28FN3O3. The van der Waals surface area contributed by atoms with Crippen LogP contribution in [0.1, 0.15) is 34.4 Å². The molecule has 3 rings (SSSR count). The van der Waals surface area contributed by atoms with E-state index in [9.17, 15) is 14.0 Å². The van der Waals surface area contributed by atoms with Gasteiger partial charge in [0.25, 0.3) is 5.91 Å². The summed E-state index contributed by atoms with van der Waals surface area (Å²) in [6.07, 6.45) is 0. The van der Waals surface area contributed by atoms with Crippen molar-refractivity contribution in [3.05, 3.63) is 58.8 Å². The van der Waals surface area contributed by atoms with Crippen LogP contribution < -0.4 is 0 Å². The Balaban J connectivity index is 1.55. The molecule has 1 fully saturated rings. The van der Waals surface area contributed by atoms with E-state index in [1.165, 1.54) is 12.1 Å². The monoisotopic (exact) mass is 401 g/mol.